The van der Waals surface area contributed by atoms with Crippen LogP contribution in [0.25, 0.3) is 5.76 Å². The van der Waals surface area contributed by atoms with Crippen LogP contribution in [0.5, 0.6) is 0 Å². The van der Waals surface area contributed by atoms with E-state index in [1.54, 1.807) is 0 Å². The predicted octanol–water partition coefficient (Wildman–Crippen LogP) is 2.70. The summed E-state index contributed by atoms with van der Waals surface area (Å²) in [6, 6.07) is -1.78. The molecule has 4 N–H and O–H groups in total. The molecule has 1 aromatic heterocycles. The molecule has 7 nitrogen and oxygen atoms in total. The number of halogens is 7. The van der Waals surface area contributed by atoms with Crippen LogP contribution in [0, 0.1) is 5.92 Å². The number of aliphatic hydroxyl groups excluding tert-OH is 1. The number of aliphatic hydroxyl groups is 1. The van der Waals surface area contributed by atoms with Crippen molar-refractivity contribution in [2.75, 3.05) is 13.1 Å². The fraction of sp³-hybridized carbons (Fsp3) is 0.684. The van der Waals surface area contributed by atoms with Gasteiger partial charge in [0.15, 0.2) is 11.6 Å². The minimum atomic E-state index is -5.80. The number of fused-ring (bicyclic) bond motifs is 1. The summed E-state index contributed by atoms with van der Waals surface area (Å²) in [6.07, 6.45) is -11.0. The lowest BCUT2D eigenvalue weighted by Crippen LogP contribution is -2.68. The van der Waals surface area contributed by atoms with Crippen LogP contribution in [0.1, 0.15) is 49.4 Å². The highest BCUT2D eigenvalue weighted by Gasteiger charge is 2.72. The second kappa shape index (κ2) is 7.32. The van der Waals surface area contributed by atoms with Crippen LogP contribution < -0.4 is 17.0 Å². The summed E-state index contributed by atoms with van der Waals surface area (Å²) in [5.74, 6) is -5.48. The van der Waals surface area contributed by atoms with E-state index in [0.29, 0.717) is 12.8 Å². The van der Waals surface area contributed by atoms with Crippen molar-refractivity contribution in [2.24, 2.45) is 11.7 Å². The lowest BCUT2D eigenvalue weighted by atomic mass is 9.82. The largest absolute Gasteiger partial charge is 0.504 e. The van der Waals surface area contributed by atoms with E-state index in [4.69, 9.17) is 5.73 Å². The monoisotopic (exact) mass is 486 g/mol. The SMILES string of the molecule is CC1c2c(c(=O)[nH]c(=O)n2C2CC2)C(O)=C(F)C1N1CCC(C(N)(C(F)(F)F)C(F)(F)F)C1. The molecule has 3 unspecified atom stereocenters. The smallest absolute Gasteiger partial charge is 0.415 e. The fourth-order valence-corrected chi connectivity index (χ4v) is 5.08. The fourth-order valence-electron chi connectivity index (χ4n) is 5.08. The van der Waals surface area contributed by atoms with Gasteiger partial charge in [-0.3, -0.25) is 19.2 Å². The van der Waals surface area contributed by atoms with Crippen molar-refractivity contribution in [3.63, 3.8) is 0 Å². The van der Waals surface area contributed by atoms with Crippen LogP contribution in [-0.4, -0.2) is 56.6 Å². The molecule has 1 aliphatic heterocycles. The van der Waals surface area contributed by atoms with E-state index < -0.39 is 77.1 Å². The van der Waals surface area contributed by atoms with Gasteiger partial charge >= 0.3 is 18.0 Å². The molecule has 2 fully saturated rings. The number of hydrogen-bond acceptors (Lipinski definition) is 5. The van der Waals surface area contributed by atoms with Gasteiger partial charge in [0, 0.05) is 30.1 Å². The third kappa shape index (κ3) is 3.40. The number of rotatable bonds is 3. The van der Waals surface area contributed by atoms with Gasteiger partial charge < -0.3 is 10.8 Å². The normalized spacial score (nSPS) is 27.2. The topological polar surface area (TPSA) is 104 Å². The zero-order valence-corrected chi connectivity index (χ0v) is 17.2. The van der Waals surface area contributed by atoms with Crippen molar-refractivity contribution in [2.45, 2.75) is 62.1 Å². The van der Waals surface area contributed by atoms with Crippen molar-refractivity contribution in [3.05, 3.63) is 37.9 Å². The Morgan fingerprint density at radius 2 is 1.64 bits per heavy atom. The summed E-state index contributed by atoms with van der Waals surface area (Å²) < 4.78 is 96.9. The molecule has 0 bridgehead atoms. The first-order chi connectivity index (χ1) is 15.1. The summed E-state index contributed by atoms with van der Waals surface area (Å²) in [6.45, 7) is 0.193. The second-order valence-corrected chi connectivity index (χ2v) is 8.90. The molecule has 1 saturated heterocycles. The number of nitrogens with one attached hydrogen (secondary N) is 1. The lowest BCUT2D eigenvalue weighted by Gasteiger charge is -2.40. The number of nitrogens with zero attached hydrogens (tertiary/aromatic N) is 2. The van der Waals surface area contributed by atoms with Crippen LogP contribution in [-0.2, 0) is 0 Å². The van der Waals surface area contributed by atoms with E-state index in [2.05, 4.69) is 0 Å². The highest BCUT2D eigenvalue weighted by molar-refractivity contribution is 5.66. The van der Waals surface area contributed by atoms with Crippen molar-refractivity contribution >= 4 is 5.76 Å². The number of hydrogen-bond donors (Lipinski definition) is 3. The number of aromatic nitrogens is 2. The minimum Gasteiger partial charge on any atom is -0.504 e. The summed E-state index contributed by atoms with van der Waals surface area (Å²) in [7, 11) is 0. The quantitative estimate of drug-likeness (QED) is 0.570. The van der Waals surface area contributed by atoms with Gasteiger partial charge in [0.1, 0.15) is 5.56 Å². The van der Waals surface area contributed by atoms with Crippen molar-refractivity contribution in [3.8, 4) is 0 Å². The van der Waals surface area contributed by atoms with E-state index in [1.165, 1.54) is 11.5 Å². The molecule has 4 rings (SSSR count). The van der Waals surface area contributed by atoms with Crippen LogP contribution >= 0.6 is 0 Å². The Balaban J connectivity index is 1.76. The first-order valence-electron chi connectivity index (χ1n) is 10.2. The Labute approximate surface area is 181 Å². The van der Waals surface area contributed by atoms with Crippen molar-refractivity contribution < 1.29 is 35.8 Å². The van der Waals surface area contributed by atoms with Crippen LogP contribution in [0.2, 0.25) is 0 Å². The molecule has 2 heterocycles. The maximum Gasteiger partial charge on any atom is 0.415 e. The van der Waals surface area contributed by atoms with Crippen LogP contribution in [0.4, 0.5) is 30.7 Å². The van der Waals surface area contributed by atoms with Gasteiger partial charge in [0.2, 0.25) is 5.54 Å². The Kier molecular flexibility index (Phi) is 5.28. The summed E-state index contributed by atoms with van der Waals surface area (Å²) in [4.78, 5) is 27.8. The minimum absolute atomic E-state index is 0.00394. The molecule has 0 amide bonds. The van der Waals surface area contributed by atoms with Gasteiger partial charge in [0.25, 0.3) is 5.56 Å². The standard InChI is InChI=1S/C19H21F7N4O3/c1-7-12-10(15(32)28-16(33)30(12)9-2-3-9)14(31)11(20)13(7)29-5-4-8(6-29)17(27,18(21,22)23)19(24,25)26/h7-9,13,31H,2-6,27H2,1H3,(H,28,32,33). The Bertz CT molecular complexity index is 1100. The van der Waals surface area contributed by atoms with Crippen molar-refractivity contribution in [1.29, 1.82) is 0 Å². The molecule has 0 spiro atoms. The van der Waals surface area contributed by atoms with Gasteiger partial charge in [-0.2, -0.15) is 26.3 Å². The van der Waals surface area contributed by atoms with Crippen LogP contribution in [0.3, 0.4) is 0 Å². The summed E-state index contributed by atoms with van der Waals surface area (Å²) >= 11 is 0. The Morgan fingerprint density at radius 3 is 2.15 bits per heavy atom. The van der Waals surface area contributed by atoms with Crippen molar-refractivity contribution in [1.82, 2.24) is 14.5 Å². The molecule has 2 aliphatic carbocycles. The van der Waals surface area contributed by atoms with Gasteiger partial charge in [-0.1, -0.05) is 6.92 Å². The molecular formula is C19H21F7N4O3. The van der Waals surface area contributed by atoms with Crippen LogP contribution in [0.15, 0.2) is 15.4 Å². The number of alkyl halides is 6. The molecule has 3 aliphatic rings. The van der Waals surface area contributed by atoms with Gasteiger partial charge in [-0.25, -0.2) is 9.18 Å². The first-order valence-corrected chi connectivity index (χ1v) is 10.2. The molecule has 0 radical (unpaired) electrons. The molecule has 3 atom stereocenters. The third-order valence-corrected chi connectivity index (χ3v) is 6.92. The van der Waals surface area contributed by atoms with E-state index in [1.807, 2.05) is 4.98 Å². The maximum absolute atomic E-state index is 15.2. The highest BCUT2D eigenvalue weighted by atomic mass is 19.4. The van der Waals surface area contributed by atoms with E-state index in [0.717, 1.165) is 4.90 Å². The molecule has 0 aromatic carbocycles. The van der Waals surface area contributed by atoms with E-state index >= 15 is 4.39 Å². The molecule has 33 heavy (non-hydrogen) atoms. The average Bonchev–Trinajstić information content (AvgIpc) is 3.40. The number of aromatic amines is 1. The van der Waals surface area contributed by atoms with E-state index in [-0.39, 0.29) is 18.3 Å². The zero-order valence-electron chi connectivity index (χ0n) is 17.2. The molecule has 1 aromatic rings. The van der Waals surface area contributed by atoms with Gasteiger partial charge in [-0.05, 0) is 25.8 Å². The average molecular weight is 486 g/mol. The molecular weight excluding hydrogens is 465 g/mol. The molecule has 14 heteroatoms. The molecule has 1 saturated carbocycles. The van der Waals surface area contributed by atoms with Gasteiger partial charge in [0.05, 0.1) is 6.04 Å². The zero-order chi connectivity index (χ0) is 24.7. The van der Waals surface area contributed by atoms with E-state index in [9.17, 15) is 41.0 Å². The highest BCUT2D eigenvalue weighted by Crippen LogP contribution is 2.50. The number of likely N-dealkylation sites (tertiary alicyclic amines) is 1. The third-order valence-electron chi connectivity index (χ3n) is 6.92. The lowest BCUT2D eigenvalue weighted by molar-refractivity contribution is -0.310. The van der Waals surface area contributed by atoms with Gasteiger partial charge in [-0.15, -0.1) is 0 Å². The Hall–Kier alpha value is -2.35. The number of H-pyrrole nitrogens is 1. The molecule has 184 valence electrons. The summed E-state index contributed by atoms with van der Waals surface area (Å²) in [5.41, 5.74) is -1.86. The summed E-state index contributed by atoms with van der Waals surface area (Å²) in [5, 5.41) is 10.4. The maximum atomic E-state index is 15.2. The number of nitrogens with two attached hydrogens (primary N) is 1. The first kappa shape index (κ1) is 23.8. The second-order valence-electron chi connectivity index (χ2n) is 8.90. The predicted molar refractivity (Wildman–Crippen MR) is 101 cm³/mol. The Morgan fingerprint density at radius 1 is 1.06 bits per heavy atom.